The number of para-hydroxylation sites is 1. The summed E-state index contributed by atoms with van der Waals surface area (Å²) < 4.78 is 5.60. The van der Waals surface area contributed by atoms with Crippen LogP contribution in [0.4, 0.5) is 5.69 Å². The third-order valence-corrected chi connectivity index (χ3v) is 3.99. The van der Waals surface area contributed by atoms with E-state index in [-0.39, 0.29) is 6.10 Å². The predicted octanol–water partition coefficient (Wildman–Crippen LogP) is 3.69. The van der Waals surface area contributed by atoms with E-state index in [1.54, 1.807) is 0 Å². The number of nitrogens with zero attached hydrogens (tertiary/aromatic N) is 1. The summed E-state index contributed by atoms with van der Waals surface area (Å²) in [5.74, 6) is 0.474. The van der Waals surface area contributed by atoms with Gasteiger partial charge >= 0.3 is 0 Å². The molecule has 0 N–H and O–H groups in total. The van der Waals surface area contributed by atoms with Crippen molar-refractivity contribution in [3.8, 4) is 0 Å². The van der Waals surface area contributed by atoms with Gasteiger partial charge in [0.2, 0.25) is 0 Å². The van der Waals surface area contributed by atoms with E-state index in [0.717, 1.165) is 29.3 Å². The van der Waals surface area contributed by atoms with Crippen LogP contribution in [0.25, 0.3) is 0 Å². The molecule has 2 nitrogen and oxygen atoms in total. The number of alkyl halides is 1. The summed E-state index contributed by atoms with van der Waals surface area (Å²) in [4.78, 5) is 2.21. The quantitative estimate of drug-likeness (QED) is 0.779. The summed E-state index contributed by atoms with van der Waals surface area (Å²) in [5.41, 5.74) is 2.10. The van der Waals surface area contributed by atoms with Crippen LogP contribution in [0.5, 0.6) is 0 Å². The zero-order valence-corrected chi connectivity index (χ0v) is 11.6. The lowest BCUT2D eigenvalue weighted by molar-refractivity contribution is 0.118. The van der Waals surface area contributed by atoms with Crippen LogP contribution >= 0.6 is 23.2 Å². The highest BCUT2D eigenvalue weighted by atomic mass is 35.5. The maximum absolute atomic E-state index is 6.29. The van der Waals surface area contributed by atoms with Gasteiger partial charge in [-0.2, -0.15) is 0 Å². The molecule has 0 aliphatic carbocycles. The van der Waals surface area contributed by atoms with Crippen molar-refractivity contribution in [2.24, 2.45) is 0 Å². The van der Waals surface area contributed by atoms with Gasteiger partial charge in [-0.3, -0.25) is 0 Å². The van der Waals surface area contributed by atoms with Crippen molar-refractivity contribution < 1.29 is 4.74 Å². The summed E-state index contributed by atoms with van der Waals surface area (Å²) in [6, 6.07) is 6.23. The number of benzene rings is 1. The first-order valence-electron chi connectivity index (χ1n) is 5.83. The highest BCUT2D eigenvalue weighted by Crippen LogP contribution is 2.34. The lowest BCUT2D eigenvalue weighted by Gasteiger charge is -2.31. The molecule has 2 atom stereocenters. The van der Waals surface area contributed by atoms with E-state index < -0.39 is 0 Å². The van der Waals surface area contributed by atoms with Crippen molar-refractivity contribution >= 4 is 28.9 Å². The SMILES string of the molecule is CC1OCCC1N(C)c1c(Cl)cccc1CCl. The monoisotopic (exact) mass is 273 g/mol. The Hall–Kier alpha value is -0.440. The molecule has 0 amide bonds. The van der Waals surface area contributed by atoms with E-state index in [9.17, 15) is 0 Å². The molecule has 2 rings (SSSR count). The van der Waals surface area contributed by atoms with Gasteiger partial charge in [-0.15, -0.1) is 11.6 Å². The molecule has 1 heterocycles. The molecule has 1 fully saturated rings. The fourth-order valence-electron chi connectivity index (χ4n) is 2.46. The molecule has 0 radical (unpaired) electrons. The van der Waals surface area contributed by atoms with E-state index in [0.29, 0.717) is 11.9 Å². The second-order valence-corrected chi connectivity index (χ2v) is 5.10. The Morgan fingerprint density at radius 1 is 1.47 bits per heavy atom. The summed E-state index contributed by atoms with van der Waals surface area (Å²) in [5, 5.41) is 0.754. The van der Waals surface area contributed by atoms with E-state index >= 15 is 0 Å². The van der Waals surface area contributed by atoms with Crippen molar-refractivity contribution in [1.82, 2.24) is 0 Å². The van der Waals surface area contributed by atoms with Gasteiger partial charge in [-0.25, -0.2) is 0 Å². The van der Waals surface area contributed by atoms with Crippen LogP contribution in [0.1, 0.15) is 18.9 Å². The molecule has 1 aliphatic rings. The minimum Gasteiger partial charge on any atom is -0.376 e. The molecular formula is C13H17Cl2NO. The molecule has 2 unspecified atom stereocenters. The van der Waals surface area contributed by atoms with Crippen LogP contribution in [0, 0.1) is 0 Å². The minimum atomic E-state index is 0.236. The van der Waals surface area contributed by atoms with Crippen LogP contribution in [0.2, 0.25) is 5.02 Å². The second-order valence-electron chi connectivity index (χ2n) is 4.42. The number of halogens is 2. The van der Waals surface area contributed by atoms with E-state index in [1.807, 2.05) is 18.2 Å². The van der Waals surface area contributed by atoms with E-state index in [4.69, 9.17) is 27.9 Å². The molecule has 1 aromatic rings. The van der Waals surface area contributed by atoms with Crippen LogP contribution in [-0.4, -0.2) is 25.8 Å². The number of ether oxygens (including phenoxy) is 1. The van der Waals surface area contributed by atoms with Crippen molar-refractivity contribution in [2.45, 2.75) is 31.4 Å². The Labute approximate surface area is 112 Å². The largest absolute Gasteiger partial charge is 0.376 e. The van der Waals surface area contributed by atoms with Gasteiger partial charge in [0, 0.05) is 19.5 Å². The lowest BCUT2D eigenvalue weighted by Crippen LogP contribution is -2.37. The molecule has 0 spiro atoms. The van der Waals surface area contributed by atoms with Crippen molar-refractivity contribution in [1.29, 1.82) is 0 Å². The van der Waals surface area contributed by atoms with Gasteiger partial charge in [0.15, 0.2) is 0 Å². The smallest absolute Gasteiger partial charge is 0.0750 e. The van der Waals surface area contributed by atoms with E-state index in [2.05, 4.69) is 18.9 Å². The Morgan fingerprint density at radius 3 is 2.82 bits per heavy atom. The first-order chi connectivity index (χ1) is 8.15. The summed E-state index contributed by atoms with van der Waals surface area (Å²) in [6.07, 6.45) is 1.27. The molecule has 0 bridgehead atoms. The molecule has 4 heteroatoms. The average molecular weight is 274 g/mol. The first-order valence-corrected chi connectivity index (χ1v) is 6.74. The standard InChI is InChI=1S/C13H17Cl2NO/c1-9-12(6-7-17-9)16(2)13-10(8-14)4-3-5-11(13)15/h3-5,9,12H,6-8H2,1-2H3. The van der Waals surface area contributed by atoms with Gasteiger partial charge < -0.3 is 9.64 Å². The Morgan fingerprint density at radius 2 is 2.24 bits per heavy atom. The average Bonchev–Trinajstić information content (AvgIpc) is 2.74. The predicted molar refractivity (Wildman–Crippen MR) is 73.2 cm³/mol. The van der Waals surface area contributed by atoms with Crippen molar-refractivity contribution in [2.75, 3.05) is 18.6 Å². The normalized spacial score (nSPS) is 24.0. The molecule has 1 aliphatic heterocycles. The Bertz CT molecular complexity index is 397. The maximum Gasteiger partial charge on any atom is 0.0750 e. The van der Waals surface area contributed by atoms with Gasteiger partial charge in [0.25, 0.3) is 0 Å². The van der Waals surface area contributed by atoms with Crippen molar-refractivity contribution in [3.63, 3.8) is 0 Å². The molecule has 1 saturated heterocycles. The topological polar surface area (TPSA) is 12.5 Å². The number of rotatable bonds is 3. The highest BCUT2D eigenvalue weighted by molar-refractivity contribution is 6.33. The van der Waals surface area contributed by atoms with Gasteiger partial charge in [-0.1, -0.05) is 23.7 Å². The number of hydrogen-bond acceptors (Lipinski definition) is 2. The Balaban J connectivity index is 2.32. The zero-order chi connectivity index (χ0) is 12.4. The third kappa shape index (κ3) is 2.54. The number of anilines is 1. The number of likely N-dealkylation sites (N-methyl/N-ethyl adjacent to an activating group) is 1. The molecule has 94 valence electrons. The summed E-state index contributed by atoms with van der Waals surface area (Å²) in [7, 11) is 2.06. The van der Waals surface area contributed by atoms with Crippen LogP contribution in [0.15, 0.2) is 18.2 Å². The highest BCUT2D eigenvalue weighted by Gasteiger charge is 2.29. The van der Waals surface area contributed by atoms with Crippen LogP contribution < -0.4 is 4.90 Å². The first kappa shape index (κ1) is 13.0. The van der Waals surface area contributed by atoms with Gasteiger partial charge in [0.1, 0.15) is 0 Å². The van der Waals surface area contributed by atoms with E-state index in [1.165, 1.54) is 0 Å². The maximum atomic E-state index is 6.29. The minimum absolute atomic E-state index is 0.236. The molecule has 1 aromatic carbocycles. The molecule has 0 saturated carbocycles. The van der Waals surface area contributed by atoms with Crippen molar-refractivity contribution in [3.05, 3.63) is 28.8 Å². The fraction of sp³-hybridized carbons (Fsp3) is 0.538. The fourth-order valence-corrected chi connectivity index (χ4v) is 3.00. The molecule has 17 heavy (non-hydrogen) atoms. The van der Waals surface area contributed by atoms with Crippen LogP contribution in [0.3, 0.4) is 0 Å². The Kier molecular flexibility index (Phi) is 4.18. The summed E-state index contributed by atoms with van der Waals surface area (Å²) in [6.45, 7) is 2.92. The zero-order valence-electron chi connectivity index (χ0n) is 10.1. The third-order valence-electron chi connectivity index (χ3n) is 3.40. The summed E-state index contributed by atoms with van der Waals surface area (Å²) >= 11 is 12.3. The lowest BCUT2D eigenvalue weighted by atomic mass is 10.1. The van der Waals surface area contributed by atoms with Crippen LogP contribution in [-0.2, 0) is 10.6 Å². The molecule has 0 aromatic heterocycles. The second kappa shape index (κ2) is 5.47. The number of hydrogen-bond donors (Lipinski definition) is 0. The molecular weight excluding hydrogens is 257 g/mol. The van der Waals surface area contributed by atoms with Gasteiger partial charge in [-0.05, 0) is 25.0 Å². The van der Waals surface area contributed by atoms with Gasteiger partial charge in [0.05, 0.1) is 22.9 Å².